The number of halogens is 6. The molecule has 2 N–H and O–H groups in total. The number of carboxylic acids is 1. The number of ether oxygens (including phenoxy) is 6. The number of methoxy groups -OCH3 is 2. The zero-order valence-electron chi connectivity index (χ0n) is 51.3. The number of thiophene rings is 2. The molecule has 0 saturated carbocycles. The number of hydrogen-bond acceptors (Lipinski definition) is 15. The molecule has 0 fully saturated rings. The van der Waals surface area contributed by atoms with E-state index < -0.39 is 87.8 Å². The quantitative estimate of drug-likeness (QED) is 0.0527. The van der Waals surface area contributed by atoms with Crippen LogP contribution in [0, 0.1) is 13.8 Å². The molecule has 17 nitrogen and oxygen atoms in total. The van der Waals surface area contributed by atoms with E-state index in [2.05, 4.69) is 10.1 Å². The van der Waals surface area contributed by atoms with Crippen molar-refractivity contribution in [2.75, 3.05) is 51.6 Å². The third kappa shape index (κ3) is 19.6. The average molecular weight is 1300 g/mol. The van der Waals surface area contributed by atoms with Gasteiger partial charge in [-0.2, -0.15) is 26.3 Å². The third-order valence-corrected chi connectivity index (χ3v) is 15.9. The van der Waals surface area contributed by atoms with Gasteiger partial charge >= 0.3 is 42.4 Å². The molecule has 4 aromatic carbocycles. The molecule has 2 aliphatic rings. The minimum absolute atomic E-state index is 0. The van der Waals surface area contributed by atoms with Gasteiger partial charge in [0.05, 0.1) is 32.7 Å². The molecule has 90 heavy (non-hydrogen) atoms. The Kier molecular flexibility index (Phi) is 24.5. The van der Waals surface area contributed by atoms with Crippen molar-refractivity contribution in [2.45, 2.75) is 137 Å². The normalized spacial score (nSPS) is 13.2. The maximum Gasteiger partial charge on any atom is 0.426 e. The number of nitrogens with zero attached hydrogens (tertiary/aromatic N) is 3. The number of likely N-dealkylation sites (N-methyl/N-ethyl adjacent to an activating group) is 2. The number of aryl methyl sites for hydroxylation is 2. The van der Waals surface area contributed by atoms with Crippen LogP contribution in [0.15, 0.2) is 97.1 Å². The van der Waals surface area contributed by atoms with Crippen molar-refractivity contribution in [1.29, 1.82) is 0 Å². The van der Waals surface area contributed by atoms with Crippen LogP contribution in [0.25, 0.3) is 22.3 Å². The number of alkyl halides is 6. The van der Waals surface area contributed by atoms with E-state index in [0.29, 0.717) is 67.9 Å². The number of nitrogens with one attached hydrogen (secondary N) is 1. The van der Waals surface area contributed by atoms with Crippen LogP contribution in [0.1, 0.15) is 104 Å². The summed E-state index contributed by atoms with van der Waals surface area (Å²) in [5.41, 5.74) is 5.38. The van der Waals surface area contributed by atoms with Gasteiger partial charge in [0, 0.05) is 53.8 Å². The second kappa shape index (κ2) is 30.5. The van der Waals surface area contributed by atoms with Gasteiger partial charge in [0.1, 0.15) is 57.8 Å². The summed E-state index contributed by atoms with van der Waals surface area (Å²) in [6, 6.07) is 25.1. The lowest BCUT2D eigenvalue weighted by Gasteiger charge is -2.32. The molecule has 2 aromatic heterocycles. The van der Waals surface area contributed by atoms with E-state index >= 15 is 0 Å². The molecular weight excluding hydrogens is 1220 g/mol. The number of carbonyl (C=O) groups is 6. The molecule has 488 valence electrons. The summed E-state index contributed by atoms with van der Waals surface area (Å²) < 4.78 is 113. The lowest BCUT2D eigenvalue weighted by Crippen LogP contribution is -2.51. The summed E-state index contributed by atoms with van der Waals surface area (Å²) in [5, 5.41) is 12.3. The first kappa shape index (κ1) is 72.4. The van der Waals surface area contributed by atoms with Crippen LogP contribution >= 0.6 is 22.7 Å². The first-order chi connectivity index (χ1) is 41.6. The van der Waals surface area contributed by atoms with Crippen molar-refractivity contribution in [3.8, 4) is 33.8 Å². The van der Waals surface area contributed by atoms with Gasteiger partial charge in [-0.15, -0.1) is 22.7 Å². The number of carbonyl (C=O) groups excluding carboxylic acids is 5. The van der Waals surface area contributed by atoms with Gasteiger partial charge in [-0.25, -0.2) is 14.4 Å². The van der Waals surface area contributed by atoms with Crippen molar-refractivity contribution in [1.82, 2.24) is 9.80 Å². The molecular formula is C65H76F6N4O13S2. The van der Waals surface area contributed by atoms with Gasteiger partial charge < -0.3 is 43.7 Å². The predicted molar refractivity (Wildman–Crippen MR) is 332 cm³/mol. The Morgan fingerprint density at radius 2 is 1.03 bits per heavy atom. The van der Waals surface area contributed by atoms with E-state index in [1.165, 1.54) is 37.7 Å². The minimum Gasteiger partial charge on any atom is -0.488 e. The summed E-state index contributed by atoms with van der Waals surface area (Å²) in [4.78, 5) is 75.8. The topological polar surface area (TPSA) is 200 Å². The molecule has 2 atom stereocenters. The maximum absolute atomic E-state index is 13.8. The number of anilines is 2. The Bertz CT molecular complexity index is 3490. The van der Waals surface area contributed by atoms with E-state index in [-0.39, 0.29) is 38.2 Å². The summed E-state index contributed by atoms with van der Waals surface area (Å²) in [5.74, 6) is -1.98. The van der Waals surface area contributed by atoms with Gasteiger partial charge in [0.2, 0.25) is 0 Å². The molecule has 2 aliphatic heterocycles. The fraction of sp³-hybridized carbons (Fsp3) is 0.415. The van der Waals surface area contributed by atoms with E-state index in [9.17, 15) is 55.1 Å². The molecule has 4 heterocycles. The second-order valence-corrected chi connectivity index (χ2v) is 25.0. The molecule has 0 radical (unpaired) electrons. The second-order valence-electron chi connectivity index (χ2n) is 22.8. The number of benzene rings is 4. The molecule has 0 bridgehead atoms. The zero-order chi connectivity index (χ0) is 65.9. The van der Waals surface area contributed by atoms with Crippen molar-refractivity contribution >= 4 is 70.0 Å². The van der Waals surface area contributed by atoms with Crippen molar-refractivity contribution < 1.29 is 88.6 Å². The highest BCUT2D eigenvalue weighted by molar-refractivity contribution is 7.13. The van der Waals surface area contributed by atoms with Crippen molar-refractivity contribution in [3.63, 3.8) is 0 Å². The molecule has 0 aliphatic carbocycles. The first-order valence-corrected chi connectivity index (χ1v) is 29.6. The van der Waals surface area contributed by atoms with Crippen LogP contribution in [-0.2, 0) is 76.5 Å². The van der Waals surface area contributed by atoms with E-state index in [1.54, 1.807) is 127 Å². The Balaban J connectivity index is 0.000000272. The van der Waals surface area contributed by atoms with Crippen LogP contribution < -0.4 is 19.7 Å². The highest BCUT2D eigenvalue weighted by Gasteiger charge is 2.40. The number of aliphatic carboxylic acids is 1. The third-order valence-electron chi connectivity index (χ3n) is 13.6. The maximum atomic E-state index is 13.8. The fourth-order valence-electron chi connectivity index (χ4n) is 9.51. The van der Waals surface area contributed by atoms with E-state index in [1.807, 2.05) is 19.1 Å². The van der Waals surface area contributed by atoms with Crippen molar-refractivity contribution in [3.05, 3.63) is 139 Å². The molecule has 3 amide bonds. The number of hydrogen-bond donors (Lipinski definition) is 2. The van der Waals surface area contributed by atoms with E-state index in [4.69, 9.17) is 28.8 Å². The Labute approximate surface area is 527 Å². The monoisotopic (exact) mass is 1300 g/mol. The SMILES string of the molecule is C.COC(=O)C[C@H](C(=O)N1CCc2cc(OCc3cc(-c4ccccc4)c(C(F)(F)F)s3)cc(C)c21)N(C)C(=O)OC(C)(C)C.COC(=O)C[C@H](C(=O)O)N(C)C(=O)OC(C)(C)C.Cc1cc(OCc2cc(-c3ccccc3)c(C(F)(F)F)s2)cc2c1NCC2. The fourth-order valence-corrected chi connectivity index (χ4v) is 11.4. The Morgan fingerprint density at radius 1 is 0.611 bits per heavy atom. The smallest absolute Gasteiger partial charge is 0.426 e. The highest BCUT2D eigenvalue weighted by atomic mass is 32.1. The van der Waals surface area contributed by atoms with Gasteiger partial charge in [-0.05, 0) is 138 Å². The molecule has 25 heteroatoms. The predicted octanol–water partition coefficient (Wildman–Crippen LogP) is 14.8. The molecule has 0 spiro atoms. The summed E-state index contributed by atoms with van der Waals surface area (Å²) in [6.07, 6.45) is -9.82. The van der Waals surface area contributed by atoms with Crippen LogP contribution in [0.5, 0.6) is 11.5 Å². The van der Waals surface area contributed by atoms with Gasteiger partial charge in [-0.3, -0.25) is 24.2 Å². The number of carboxylic acid groups (broad SMARTS) is 1. The lowest BCUT2D eigenvalue weighted by atomic mass is 10.1. The summed E-state index contributed by atoms with van der Waals surface area (Å²) >= 11 is 1.40. The van der Waals surface area contributed by atoms with Crippen LogP contribution in [-0.4, -0.2) is 116 Å². The molecule has 6 aromatic rings. The largest absolute Gasteiger partial charge is 0.488 e. The molecule has 0 unspecified atom stereocenters. The summed E-state index contributed by atoms with van der Waals surface area (Å²) in [7, 11) is 5.01. The van der Waals surface area contributed by atoms with Crippen LogP contribution in [0.3, 0.4) is 0 Å². The molecule has 0 saturated heterocycles. The summed E-state index contributed by atoms with van der Waals surface area (Å²) in [6.45, 7) is 15.1. The van der Waals surface area contributed by atoms with Crippen LogP contribution in [0.4, 0.5) is 47.3 Å². The van der Waals surface area contributed by atoms with E-state index in [0.717, 1.165) is 58.0 Å². The number of amides is 3. The molecule has 8 rings (SSSR count). The minimum atomic E-state index is -4.50. The zero-order valence-corrected chi connectivity index (χ0v) is 53.0. The van der Waals surface area contributed by atoms with Gasteiger partial charge in [-0.1, -0.05) is 68.1 Å². The Hall–Kier alpha value is -8.32. The lowest BCUT2D eigenvalue weighted by molar-refractivity contribution is -0.150. The average Bonchev–Trinajstić information content (AvgIpc) is 1.63. The number of rotatable bonds is 16. The Morgan fingerprint density at radius 3 is 1.46 bits per heavy atom. The standard InChI is InChI=1S/C32H35F3N2O6S.C21H18F3NOS.C11H19NO6.CH4/c1-19-14-22(42-18-23-16-24(20-10-8-7-9-11-20)28(44-23)32(33,34)35)15-21-12-13-37(27(19)21)29(39)25(17-26(38)41-6)36(5)30(40)43-31(2,3)4;1-13-9-16(10-15-7-8-25-19(13)15)26-12-17-11-18(14-5-3-2-4-6-14)20(27-17)21(22,23)24;1-11(2,3)18-10(16)12(4)7(9(14)15)6-8(13)17-5;/h7-11,14-16,25H,12-13,17-18H2,1-6H3;2-6,9-11,25H,7-8,12H2,1H3;7H,6H2,1-5H3,(H,14,15);1H4/t25-;;7-;/m1.1./s1. The van der Waals surface area contributed by atoms with Crippen molar-refractivity contribution in [2.24, 2.45) is 0 Å². The number of esters is 2. The van der Waals surface area contributed by atoms with Gasteiger partial charge in [0.25, 0.3) is 5.91 Å². The number of fused-ring (bicyclic) bond motifs is 2. The van der Waals surface area contributed by atoms with Crippen LogP contribution in [0.2, 0.25) is 0 Å². The highest BCUT2D eigenvalue weighted by Crippen LogP contribution is 2.45. The first-order valence-electron chi connectivity index (χ1n) is 28.0. The van der Waals surface area contributed by atoms with Gasteiger partial charge in [0.15, 0.2) is 0 Å².